The van der Waals surface area contributed by atoms with Gasteiger partial charge in [-0.25, -0.2) is 4.39 Å². The molecule has 1 N–H and O–H groups in total. The third-order valence-corrected chi connectivity index (χ3v) is 4.00. The molecule has 0 bridgehead atoms. The Hall–Kier alpha value is -0.930. The minimum Gasteiger partial charge on any atom is -0.373 e. The first-order chi connectivity index (χ1) is 9.04. The van der Waals surface area contributed by atoms with Crippen LogP contribution >= 0.6 is 0 Å². The Balaban J connectivity index is 3.26. The molecule has 0 aromatic heterocycles. The van der Waals surface area contributed by atoms with E-state index in [9.17, 15) is 4.39 Å². The summed E-state index contributed by atoms with van der Waals surface area (Å²) in [5.74, 6) is -0.196. The van der Waals surface area contributed by atoms with Crippen molar-refractivity contribution in [3.63, 3.8) is 0 Å². The molecule has 0 aliphatic carbocycles. The molecule has 0 saturated carbocycles. The van der Waals surface area contributed by atoms with Gasteiger partial charge in [0.1, 0.15) is 5.82 Å². The zero-order valence-corrected chi connectivity index (χ0v) is 12.7. The maximum atomic E-state index is 13.6. The van der Waals surface area contributed by atoms with E-state index < -0.39 is 0 Å². The van der Waals surface area contributed by atoms with Crippen LogP contribution in [-0.2, 0) is 4.74 Å². The zero-order valence-electron chi connectivity index (χ0n) is 12.7. The Morgan fingerprint density at radius 2 is 1.89 bits per heavy atom. The normalized spacial score (nSPS) is 13.6. The van der Waals surface area contributed by atoms with Crippen LogP contribution in [0.4, 0.5) is 4.39 Å². The van der Waals surface area contributed by atoms with Crippen molar-refractivity contribution in [2.45, 2.75) is 52.2 Å². The molecule has 108 valence electrons. The third kappa shape index (κ3) is 3.34. The lowest BCUT2D eigenvalue weighted by Gasteiger charge is -2.40. The molecular formula is C16H26FNO. The van der Waals surface area contributed by atoms with Crippen LogP contribution in [0.1, 0.15) is 50.8 Å². The van der Waals surface area contributed by atoms with Gasteiger partial charge < -0.3 is 10.1 Å². The van der Waals surface area contributed by atoms with Crippen LogP contribution in [0.25, 0.3) is 0 Å². The van der Waals surface area contributed by atoms with E-state index in [4.69, 9.17) is 4.74 Å². The molecule has 1 aromatic rings. The lowest BCUT2D eigenvalue weighted by atomic mass is 9.82. The second-order valence-corrected chi connectivity index (χ2v) is 4.93. The number of hydrogen-bond donors (Lipinski definition) is 1. The highest BCUT2D eigenvalue weighted by molar-refractivity contribution is 5.31. The van der Waals surface area contributed by atoms with E-state index in [-0.39, 0.29) is 17.5 Å². The first kappa shape index (κ1) is 16.1. The second-order valence-electron chi connectivity index (χ2n) is 4.93. The van der Waals surface area contributed by atoms with E-state index in [1.807, 2.05) is 27.0 Å². The fraction of sp³-hybridized carbons (Fsp3) is 0.625. The van der Waals surface area contributed by atoms with Gasteiger partial charge in [-0.05, 0) is 57.0 Å². The summed E-state index contributed by atoms with van der Waals surface area (Å²) in [4.78, 5) is 0. The smallest absolute Gasteiger partial charge is 0.123 e. The van der Waals surface area contributed by atoms with Crippen LogP contribution < -0.4 is 5.32 Å². The predicted molar refractivity (Wildman–Crippen MR) is 77.9 cm³/mol. The summed E-state index contributed by atoms with van der Waals surface area (Å²) in [6.07, 6.45) is 1.78. The Morgan fingerprint density at radius 3 is 2.37 bits per heavy atom. The Bertz CT molecular complexity index is 402. The molecule has 1 atom stereocenters. The van der Waals surface area contributed by atoms with Crippen molar-refractivity contribution < 1.29 is 9.13 Å². The number of hydrogen-bond acceptors (Lipinski definition) is 2. The maximum Gasteiger partial charge on any atom is 0.123 e. The van der Waals surface area contributed by atoms with E-state index in [2.05, 4.69) is 19.2 Å². The molecular weight excluding hydrogens is 241 g/mol. The van der Waals surface area contributed by atoms with Crippen molar-refractivity contribution in [3.8, 4) is 0 Å². The van der Waals surface area contributed by atoms with Gasteiger partial charge in [-0.3, -0.25) is 0 Å². The van der Waals surface area contributed by atoms with E-state index in [0.717, 1.165) is 24.0 Å². The minimum atomic E-state index is -0.290. The minimum absolute atomic E-state index is 0.00171. The van der Waals surface area contributed by atoms with E-state index in [1.165, 1.54) is 6.07 Å². The molecule has 0 aliphatic rings. The largest absolute Gasteiger partial charge is 0.373 e. The molecule has 1 unspecified atom stereocenters. The zero-order chi connectivity index (χ0) is 14.5. The van der Waals surface area contributed by atoms with E-state index in [1.54, 1.807) is 6.07 Å². The van der Waals surface area contributed by atoms with Crippen LogP contribution in [0.15, 0.2) is 18.2 Å². The number of benzene rings is 1. The summed E-state index contributed by atoms with van der Waals surface area (Å²) < 4.78 is 19.6. The summed E-state index contributed by atoms with van der Waals surface area (Å²) in [6.45, 7) is 8.93. The second kappa shape index (κ2) is 7.01. The molecule has 19 heavy (non-hydrogen) atoms. The van der Waals surface area contributed by atoms with Gasteiger partial charge in [0.25, 0.3) is 0 Å². The summed E-state index contributed by atoms with van der Waals surface area (Å²) in [5, 5.41) is 3.32. The Morgan fingerprint density at radius 1 is 1.26 bits per heavy atom. The van der Waals surface area contributed by atoms with Gasteiger partial charge in [0.2, 0.25) is 0 Å². The van der Waals surface area contributed by atoms with E-state index in [0.29, 0.717) is 6.61 Å². The van der Waals surface area contributed by atoms with Crippen molar-refractivity contribution in [1.29, 1.82) is 0 Å². The molecule has 2 nitrogen and oxygen atoms in total. The van der Waals surface area contributed by atoms with Crippen LogP contribution in [0.5, 0.6) is 0 Å². The molecule has 0 heterocycles. The quantitative estimate of drug-likeness (QED) is 0.806. The highest BCUT2D eigenvalue weighted by Gasteiger charge is 2.37. The SMILES string of the molecule is CCOC(CC)(CC)C(NC)c1cc(F)ccc1C. The van der Waals surface area contributed by atoms with Crippen molar-refractivity contribution in [2.75, 3.05) is 13.7 Å². The van der Waals surface area contributed by atoms with Crippen molar-refractivity contribution in [2.24, 2.45) is 0 Å². The van der Waals surface area contributed by atoms with Gasteiger partial charge in [-0.1, -0.05) is 19.9 Å². The molecule has 0 fully saturated rings. The Labute approximate surface area is 116 Å². The van der Waals surface area contributed by atoms with Crippen LogP contribution in [-0.4, -0.2) is 19.3 Å². The highest BCUT2D eigenvalue weighted by Crippen LogP contribution is 2.36. The van der Waals surface area contributed by atoms with Crippen LogP contribution in [0, 0.1) is 12.7 Å². The summed E-state index contributed by atoms with van der Waals surface area (Å²) in [5.41, 5.74) is 1.79. The topological polar surface area (TPSA) is 21.3 Å². The summed E-state index contributed by atoms with van der Waals surface area (Å²) >= 11 is 0. The number of aryl methyl sites for hydroxylation is 1. The first-order valence-corrected chi connectivity index (χ1v) is 7.11. The van der Waals surface area contributed by atoms with Gasteiger partial charge in [0.15, 0.2) is 0 Å². The monoisotopic (exact) mass is 267 g/mol. The number of rotatable bonds is 7. The number of likely N-dealkylation sites (N-methyl/N-ethyl adjacent to an activating group) is 1. The summed E-state index contributed by atoms with van der Waals surface area (Å²) in [7, 11) is 1.91. The average molecular weight is 267 g/mol. The average Bonchev–Trinajstić information content (AvgIpc) is 2.42. The summed E-state index contributed by atoms with van der Waals surface area (Å²) in [6, 6.07) is 4.96. The van der Waals surface area contributed by atoms with Crippen molar-refractivity contribution in [3.05, 3.63) is 35.1 Å². The molecule has 0 saturated heterocycles. The molecule has 3 heteroatoms. The number of halogens is 1. The van der Waals surface area contributed by atoms with Crippen molar-refractivity contribution >= 4 is 0 Å². The molecule has 1 aromatic carbocycles. The van der Waals surface area contributed by atoms with Gasteiger partial charge in [0.05, 0.1) is 11.6 Å². The van der Waals surface area contributed by atoms with E-state index >= 15 is 0 Å². The fourth-order valence-electron chi connectivity index (χ4n) is 2.86. The molecule has 0 radical (unpaired) electrons. The highest BCUT2D eigenvalue weighted by atomic mass is 19.1. The predicted octanol–water partition coefficient (Wildman–Crippen LogP) is 3.99. The Kier molecular flexibility index (Phi) is 5.95. The van der Waals surface area contributed by atoms with Gasteiger partial charge >= 0.3 is 0 Å². The van der Waals surface area contributed by atoms with Gasteiger partial charge in [0, 0.05) is 6.61 Å². The molecule has 0 amide bonds. The lowest BCUT2D eigenvalue weighted by molar-refractivity contribution is -0.0719. The molecule has 0 aliphatic heterocycles. The van der Waals surface area contributed by atoms with Crippen LogP contribution in [0.3, 0.4) is 0 Å². The standard InChI is InChI=1S/C16H26FNO/c1-6-16(7-2,19-8-3)15(18-5)14-11-13(17)10-9-12(14)4/h9-11,15,18H,6-8H2,1-5H3. The molecule has 1 rings (SSSR count). The van der Waals surface area contributed by atoms with Gasteiger partial charge in [-0.15, -0.1) is 0 Å². The van der Waals surface area contributed by atoms with Crippen LogP contribution in [0.2, 0.25) is 0 Å². The molecule has 0 spiro atoms. The third-order valence-electron chi connectivity index (χ3n) is 4.00. The maximum absolute atomic E-state index is 13.6. The number of ether oxygens (including phenoxy) is 1. The number of nitrogens with one attached hydrogen (secondary N) is 1. The lowest BCUT2D eigenvalue weighted by Crippen LogP contribution is -2.44. The van der Waals surface area contributed by atoms with Crippen molar-refractivity contribution in [1.82, 2.24) is 5.32 Å². The fourth-order valence-corrected chi connectivity index (χ4v) is 2.86. The first-order valence-electron chi connectivity index (χ1n) is 7.11. The van der Waals surface area contributed by atoms with Gasteiger partial charge in [-0.2, -0.15) is 0 Å².